The lowest BCUT2D eigenvalue weighted by Gasteiger charge is -2.34. The first-order chi connectivity index (χ1) is 10.6. The van der Waals surface area contributed by atoms with Gasteiger partial charge in [-0.05, 0) is 45.7 Å². The van der Waals surface area contributed by atoms with Gasteiger partial charge < -0.3 is 19.9 Å². The van der Waals surface area contributed by atoms with Crippen molar-refractivity contribution in [3.8, 4) is 0 Å². The van der Waals surface area contributed by atoms with Gasteiger partial charge >= 0.3 is 5.97 Å². The third kappa shape index (κ3) is 4.35. The van der Waals surface area contributed by atoms with Gasteiger partial charge in [-0.1, -0.05) is 0 Å². The van der Waals surface area contributed by atoms with E-state index >= 15 is 0 Å². The van der Waals surface area contributed by atoms with E-state index in [0.717, 1.165) is 44.4 Å². The van der Waals surface area contributed by atoms with Crippen LogP contribution in [0.15, 0.2) is 4.99 Å². The molecule has 2 fully saturated rings. The van der Waals surface area contributed by atoms with E-state index in [4.69, 9.17) is 4.74 Å². The number of ether oxygens (including phenoxy) is 1. The molecule has 0 aromatic carbocycles. The van der Waals surface area contributed by atoms with E-state index in [1.54, 1.807) is 0 Å². The standard InChI is InChI=1S/C16H30N4O2/c1-17-16(18-11-14(19(2)3)12-5-6-12)20-9-7-13(8-10-20)15(21)22-4/h12-14H,5-11H2,1-4H3,(H,17,18). The Morgan fingerprint density at radius 1 is 1.32 bits per heavy atom. The van der Waals surface area contributed by atoms with E-state index in [1.807, 2.05) is 7.05 Å². The van der Waals surface area contributed by atoms with Crippen LogP contribution in [0, 0.1) is 11.8 Å². The second-order valence-electron chi connectivity index (χ2n) is 6.58. The molecule has 0 amide bonds. The molecule has 1 unspecified atom stereocenters. The topological polar surface area (TPSA) is 57.2 Å². The van der Waals surface area contributed by atoms with E-state index < -0.39 is 0 Å². The average Bonchev–Trinajstić information content (AvgIpc) is 3.35. The average molecular weight is 310 g/mol. The van der Waals surface area contributed by atoms with Crippen LogP contribution in [0.4, 0.5) is 0 Å². The van der Waals surface area contributed by atoms with Crippen molar-refractivity contribution in [2.45, 2.75) is 31.7 Å². The Hall–Kier alpha value is -1.30. The Kier molecular flexibility index (Phi) is 6.06. The molecule has 0 aromatic heterocycles. The summed E-state index contributed by atoms with van der Waals surface area (Å²) in [6, 6.07) is 0.573. The van der Waals surface area contributed by atoms with Crippen molar-refractivity contribution in [3.05, 3.63) is 0 Å². The first-order valence-electron chi connectivity index (χ1n) is 8.26. The zero-order chi connectivity index (χ0) is 16.1. The Bertz CT molecular complexity index is 397. The second kappa shape index (κ2) is 7.81. The molecule has 126 valence electrons. The first-order valence-corrected chi connectivity index (χ1v) is 8.26. The molecule has 1 saturated carbocycles. The van der Waals surface area contributed by atoms with Crippen molar-refractivity contribution < 1.29 is 9.53 Å². The summed E-state index contributed by atoms with van der Waals surface area (Å²) in [6.45, 7) is 2.65. The van der Waals surface area contributed by atoms with Crippen molar-refractivity contribution in [3.63, 3.8) is 0 Å². The highest BCUT2D eigenvalue weighted by molar-refractivity contribution is 5.80. The van der Waals surface area contributed by atoms with Crippen LogP contribution in [0.1, 0.15) is 25.7 Å². The largest absolute Gasteiger partial charge is 0.469 e. The fourth-order valence-corrected chi connectivity index (χ4v) is 3.27. The molecule has 2 aliphatic rings. The summed E-state index contributed by atoms with van der Waals surface area (Å²) in [7, 11) is 7.59. The highest BCUT2D eigenvalue weighted by Gasteiger charge is 2.33. The summed E-state index contributed by atoms with van der Waals surface area (Å²) in [5, 5.41) is 3.52. The van der Waals surface area contributed by atoms with Crippen LogP contribution in [0.3, 0.4) is 0 Å². The van der Waals surface area contributed by atoms with Crippen molar-refractivity contribution >= 4 is 11.9 Å². The van der Waals surface area contributed by atoms with Gasteiger partial charge in [-0.25, -0.2) is 0 Å². The zero-order valence-electron chi connectivity index (χ0n) is 14.3. The predicted octanol–water partition coefficient (Wildman–Crippen LogP) is 0.787. The van der Waals surface area contributed by atoms with Gasteiger partial charge in [0.2, 0.25) is 0 Å². The van der Waals surface area contributed by atoms with Crippen LogP contribution < -0.4 is 5.32 Å². The SMILES string of the molecule is CN=C(NCC(C1CC1)N(C)C)N1CCC(C(=O)OC)CC1. The molecule has 2 rings (SSSR count). The summed E-state index contributed by atoms with van der Waals surface area (Å²) in [5.74, 6) is 1.74. The Balaban J connectivity index is 1.81. The maximum Gasteiger partial charge on any atom is 0.308 e. The fraction of sp³-hybridized carbons (Fsp3) is 0.875. The Morgan fingerprint density at radius 2 is 1.95 bits per heavy atom. The monoisotopic (exact) mass is 310 g/mol. The summed E-state index contributed by atoms with van der Waals surface area (Å²) >= 11 is 0. The summed E-state index contributed by atoms with van der Waals surface area (Å²) in [4.78, 5) is 20.6. The summed E-state index contributed by atoms with van der Waals surface area (Å²) in [5.41, 5.74) is 0. The van der Waals surface area contributed by atoms with Crippen LogP contribution in [-0.4, -0.2) is 75.7 Å². The number of esters is 1. The van der Waals surface area contributed by atoms with E-state index in [0.29, 0.717) is 6.04 Å². The van der Waals surface area contributed by atoms with Gasteiger partial charge in [0, 0.05) is 32.7 Å². The Morgan fingerprint density at radius 3 is 2.41 bits per heavy atom. The summed E-state index contributed by atoms with van der Waals surface area (Å²) < 4.78 is 4.84. The number of carbonyl (C=O) groups excluding carboxylic acids is 1. The van der Waals surface area contributed by atoms with E-state index in [1.165, 1.54) is 20.0 Å². The predicted molar refractivity (Wildman–Crippen MR) is 87.9 cm³/mol. The molecule has 22 heavy (non-hydrogen) atoms. The van der Waals surface area contributed by atoms with Crippen LogP contribution >= 0.6 is 0 Å². The number of hydrogen-bond acceptors (Lipinski definition) is 4. The second-order valence-corrected chi connectivity index (χ2v) is 6.58. The molecule has 1 N–H and O–H groups in total. The number of methoxy groups -OCH3 is 1. The minimum Gasteiger partial charge on any atom is -0.469 e. The van der Waals surface area contributed by atoms with Gasteiger partial charge in [0.1, 0.15) is 0 Å². The van der Waals surface area contributed by atoms with Crippen LogP contribution in [0.5, 0.6) is 0 Å². The molecular formula is C16H30N4O2. The minimum atomic E-state index is -0.0796. The number of guanidine groups is 1. The number of carbonyl (C=O) groups is 1. The molecule has 0 radical (unpaired) electrons. The third-order valence-electron chi connectivity index (χ3n) is 4.84. The molecular weight excluding hydrogens is 280 g/mol. The lowest BCUT2D eigenvalue weighted by Crippen LogP contribution is -2.50. The van der Waals surface area contributed by atoms with E-state index in [9.17, 15) is 4.79 Å². The van der Waals surface area contributed by atoms with Crippen LogP contribution in [0.2, 0.25) is 0 Å². The fourth-order valence-electron chi connectivity index (χ4n) is 3.27. The molecule has 1 atom stereocenters. The number of nitrogens with one attached hydrogen (secondary N) is 1. The molecule has 6 nitrogen and oxygen atoms in total. The van der Waals surface area contributed by atoms with Crippen molar-refractivity contribution in [1.29, 1.82) is 0 Å². The molecule has 0 aromatic rings. The van der Waals surface area contributed by atoms with E-state index in [2.05, 4.69) is 34.2 Å². The first kappa shape index (κ1) is 17.1. The van der Waals surface area contributed by atoms with Gasteiger partial charge in [-0.3, -0.25) is 9.79 Å². The maximum absolute atomic E-state index is 11.6. The minimum absolute atomic E-state index is 0.0420. The molecule has 1 heterocycles. The smallest absolute Gasteiger partial charge is 0.308 e. The molecule has 1 aliphatic heterocycles. The van der Waals surface area contributed by atoms with Gasteiger partial charge in [0.05, 0.1) is 13.0 Å². The quantitative estimate of drug-likeness (QED) is 0.462. The lowest BCUT2D eigenvalue weighted by molar-refractivity contribution is -0.146. The van der Waals surface area contributed by atoms with E-state index in [-0.39, 0.29) is 11.9 Å². The van der Waals surface area contributed by atoms with Gasteiger partial charge in [-0.15, -0.1) is 0 Å². The molecule has 1 aliphatic carbocycles. The maximum atomic E-state index is 11.6. The van der Waals surface area contributed by atoms with Gasteiger partial charge in [0.25, 0.3) is 0 Å². The molecule has 6 heteroatoms. The van der Waals surface area contributed by atoms with Crippen LogP contribution in [0.25, 0.3) is 0 Å². The number of aliphatic imine (C=N–C) groups is 1. The van der Waals surface area contributed by atoms with Gasteiger partial charge in [0.15, 0.2) is 5.96 Å². The zero-order valence-corrected chi connectivity index (χ0v) is 14.3. The number of piperidine rings is 1. The van der Waals surface area contributed by atoms with Crippen molar-refractivity contribution in [2.75, 3.05) is 47.9 Å². The number of rotatable bonds is 5. The molecule has 1 saturated heterocycles. The number of likely N-dealkylation sites (tertiary alicyclic amines) is 1. The number of hydrogen-bond donors (Lipinski definition) is 1. The molecule has 0 spiro atoms. The highest BCUT2D eigenvalue weighted by Crippen LogP contribution is 2.34. The highest BCUT2D eigenvalue weighted by atomic mass is 16.5. The summed E-state index contributed by atoms with van der Waals surface area (Å²) in [6.07, 6.45) is 4.36. The third-order valence-corrected chi connectivity index (χ3v) is 4.84. The normalized spacial score (nSPS) is 21.9. The lowest BCUT2D eigenvalue weighted by atomic mass is 9.97. The molecule has 0 bridgehead atoms. The number of likely N-dealkylation sites (N-methyl/N-ethyl adjacent to an activating group) is 1. The Labute approximate surface area is 133 Å². The van der Waals surface area contributed by atoms with Crippen molar-refractivity contribution in [1.82, 2.24) is 15.1 Å². The van der Waals surface area contributed by atoms with Gasteiger partial charge in [-0.2, -0.15) is 0 Å². The number of nitrogens with zero attached hydrogens (tertiary/aromatic N) is 3. The van der Waals surface area contributed by atoms with Crippen LogP contribution in [-0.2, 0) is 9.53 Å². The van der Waals surface area contributed by atoms with Crippen molar-refractivity contribution in [2.24, 2.45) is 16.8 Å².